The number of nitrogens with zero attached hydrogens (tertiary/aromatic N) is 2. The zero-order valence-corrected chi connectivity index (χ0v) is 18.6. The second kappa shape index (κ2) is 9.87. The number of rotatable bonds is 7. The van der Waals surface area contributed by atoms with E-state index in [2.05, 4.69) is 15.5 Å². The molecule has 0 bridgehead atoms. The van der Waals surface area contributed by atoms with Crippen molar-refractivity contribution in [2.45, 2.75) is 0 Å². The second-order valence-corrected chi connectivity index (χ2v) is 6.82. The van der Waals surface area contributed by atoms with Crippen LogP contribution in [-0.4, -0.2) is 53.2 Å². The largest absolute Gasteiger partial charge is 0.507 e. The first-order chi connectivity index (χ1) is 15.8. The van der Waals surface area contributed by atoms with Crippen LogP contribution in [-0.2, 0) is 0 Å². The number of aromatic hydroxyl groups is 2. The molecule has 1 amide bonds. The fourth-order valence-corrected chi connectivity index (χ4v) is 3.26. The standard InChI is InChI=1S/C21H20N4O7S/c1-30-15-8-11(9-16(31-2)17(15)32-3)25-20(29)13(18(27)23-21(25)33)10-22-24-19(28)12-6-4-5-7-14(12)26/h4-10,26,29H,1-3H3,(H,24,28)(H,23,27,33). The van der Waals surface area contributed by atoms with Crippen LogP contribution in [0.2, 0.25) is 0 Å². The number of hydrazone groups is 1. The van der Waals surface area contributed by atoms with Gasteiger partial charge < -0.3 is 24.4 Å². The molecule has 0 atom stereocenters. The lowest BCUT2D eigenvalue weighted by atomic mass is 10.2. The van der Waals surface area contributed by atoms with E-state index in [9.17, 15) is 19.8 Å². The van der Waals surface area contributed by atoms with Crippen molar-refractivity contribution >= 4 is 24.3 Å². The number of benzene rings is 2. The van der Waals surface area contributed by atoms with Crippen LogP contribution in [0.15, 0.2) is 46.3 Å². The predicted octanol–water partition coefficient (Wildman–Crippen LogP) is 2.10. The molecule has 0 fully saturated rings. The molecule has 0 saturated carbocycles. The van der Waals surface area contributed by atoms with Crippen LogP contribution in [0.4, 0.5) is 0 Å². The van der Waals surface area contributed by atoms with Crippen LogP contribution in [0.3, 0.4) is 0 Å². The van der Waals surface area contributed by atoms with Gasteiger partial charge in [-0.05, 0) is 24.4 Å². The molecular weight excluding hydrogens is 452 g/mol. The summed E-state index contributed by atoms with van der Waals surface area (Å²) in [5.41, 5.74) is 1.46. The number of carbonyl (C=O) groups excluding carboxylic acids is 1. The Labute approximate surface area is 192 Å². The zero-order valence-electron chi connectivity index (χ0n) is 17.8. The molecule has 2 aromatic carbocycles. The Bertz CT molecular complexity index is 1320. The molecule has 4 N–H and O–H groups in total. The van der Waals surface area contributed by atoms with Gasteiger partial charge >= 0.3 is 0 Å². The van der Waals surface area contributed by atoms with E-state index in [-0.39, 0.29) is 21.6 Å². The van der Waals surface area contributed by atoms with Crippen molar-refractivity contribution in [1.82, 2.24) is 15.0 Å². The Morgan fingerprint density at radius 1 is 1.12 bits per heavy atom. The third kappa shape index (κ3) is 4.65. The van der Waals surface area contributed by atoms with Gasteiger partial charge in [0, 0.05) is 12.1 Å². The lowest BCUT2D eigenvalue weighted by Gasteiger charge is -2.16. The normalized spacial score (nSPS) is 10.8. The number of para-hydroxylation sites is 1. The quantitative estimate of drug-likeness (QED) is 0.232. The van der Waals surface area contributed by atoms with E-state index in [4.69, 9.17) is 26.4 Å². The van der Waals surface area contributed by atoms with Gasteiger partial charge in [-0.2, -0.15) is 5.10 Å². The molecule has 1 heterocycles. The van der Waals surface area contributed by atoms with E-state index in [1.165, 1.54) is 45.6 Å². The molecule has 0 unspecified atom stereocenters. The zero-order chi connectivity index (χ0) is 24.1. The molecule has 0 aliphatic heterocycles. The Balaban J connectivity index is 2.03. The molecule has 3 rings (SSSR count). The van der Waals surface area contributed by atoms with Crippen LogP contribution in [0, 0.1) is 4.77 Å². The Kier molecular flexibility index (Phi) is 6.98. The van der Waals surface area contributed by atoms with E-state index in [1.807, 2.05) is 0 Å². The predicted molar refractivity (Wildman–Crippen MR) is 122 cm³/mol. The molecule has 3 aromatic rings. The molecule has 0 radical (unpaired) electrons. The van der Waals surface area contributed by atoms with Crippen LogP contribution in [0.1, 0.15) is 15.9 Å². The summed E-state index contributed by atoms with van der Waals surface area (Å²) in [5.74, 6) is -0.570. The van der Waals surface area contributed by atoms with Gasteiger partial charge in [0.1, 0.15) is 11.3 Å². The highest BCUT2D eigenvalue weighted by molar-refractivity contribution is 7.71. The maximum atomic E-state index is 12.4. The number of aromatic nitrogens is 2. The molecule has 0 aliphatic carbocycles. The summed E-state index contributed by atoms with van der Waals surface area (Å²) >= 11 is 5.21. The number of nitrogens with one attached hydrogen (secondary N) is 2. The maximum absolute atomic E-state index is 12.4. The summed E-state index contributed by atoms with van der Waals surface area (Å²) in [4.78, 5) is 27.0. The number of ether oxygens (including phenoxy) is 3. The van der Waals surface area contributed by atoms with Gasteiger partial charge in [0.2, 0.25) is 11.6 Å². The number of H-pyrrole nitrogens is 1. The smallest absolute Gasteiger partial charge is 0.275 e. The van der Waals surface area contributed by atoms with Gasteiger partial charge in [0.05, 0.1) is 38.8 Å². The van der Waals surface area contributed by atoms with E-state index in [1.54, 1.807) is 12.1 Å². The highest BCUT2D eigenvalue weighted by Gasteiger charge is 2.18. The van der Waals surface area contributed by atoms with Gasteiger partial charge in [-0.3, -0.25) is 19.1 Å². The van der Waals surface area contributed by atoms with Crippen molar-refractivity contribution in [3.05, 3.63) is 62.6 Å². The van der Waals surface area contributed by atoms with Gasteiger partial charge in [-0.25, -0.2) is 5.43 Å². The Morgan fingerprint density at radius 3 is 2.33 bits per heavy atom. The number of phenolic OH excluding ortho intramolecular Hbond substituents is 1. The second-order valence-electron chi connectivity index (χ2n) is 6.43. The number of phenols is 1. The fourth-order valence-electron chi connectivity index (χ4n) is 2.97. The lowest BCUT2D eigenvalue weighted by molar-refractivity contribution is 0.0952. The average Bonchev–Trinajstić information content (AvgIpc) is 2.80. The number of aromatic amines is 1. The minimum absolute atomic E-state index is 0.0128. The number of carbonyl (C=O) groups is 1. The minimum Gasteiger partial charge on any atom is -0.507 e. The van der Waals surface area contributed by atoms with Crippen LogP contribution in [0.25, 0.3) is 5.69 Å². The van der Waals surface area contributed by atoms with E-state index >= 15 is 0 Å². The van der Waals surface area contributed by atoms with Gasteiger partial charge in [-0.1, -0.05) is 12.1 Å². The third-order valence-electron chi connectivity index (χ3n) is 4.54. The van der Waals surface area contributed by atoms with Crippen molar-refractivity contribution in [1.29, 1.82) is 0 Å². The summed E-state index contributed by atoms with van der Waals surface area (Å²) in [7, 11) is 4.30. The van der Waals surface area contributed by atoms with E-state index in [0.717, 1.165) is 10.8 Å². The summed E-state index contributed by atoms with van der Waals surface area (Å²) in [6.45, 7) is 0. The first-order valence-electron chi connectivity index (χ1n) is 9.32. The number of hydrogen-bond donors (Lipinski definition) is 4. The lowest BCUT2D eigenvalue weighted by Crippen LogP contribution is -2.21. The van der Waals surface area contributed by atoms with Gasteiger partial charge in [-0.15, -0.1) is 0 Å². The average molecular weight is 472 g/mol. The molecule has 0 saturated heterocycles. The summed E-state index contributed by atoms with van der Waals surface area (Å²) in [6.07, 6.45) is 0.954. The first kappa shape index (κ1) is 23.3. The van der Waals surface area contributed by atoms with Gasteiger partial charge in [0.15, 0.2) is 16.3 Å². The topological polar surface area (TPSA) is 147 Å². The van der Waals surface area contributed by atoms with Crippen molar-refractivity contribution in [2.24, 2.45) is 5.10 Å². The summed E-state index contributed by atoms with van der Waals surface area (Å²) < 4.78 is 17.0. The van der Waals surface area contributed by atoms with E-state index in [0.29, 0.717) is 22.9 Å². The van der Waals surface area contributed by atoms with Crippen LogP contribution >= 0.6 is 12.2 Å². The third-order valence-corrected chi connectivity index (χ3v) is 4.82. The minimum atomic E-state index is -0.734. The van der Waals surface area contributed by atoms with Crippen molar-refractivity contribution in [3.63, 3.8) is 0 Å². The van der Waals surface area contributed by atoms with Gasteiger partial charge in [0.25, 0.3) is 11.5 Å². The number of methoxy groups -OCH3 is 3. The highest BCUT2D eigenvalue weighted by atomic mass is 32.1. The fraction of sp³-hybridized carbons (Fsp3) is 0.143. The Morgan fingerprint density at radius 2 is 1.76 bits per heavy atom. The maximum Gasteiger partial charge on any atom is 0.275 e. The first-order valence-corrected chi connectivity index (χ1v) is 9.73. The summed E-state index contributed by atoms with van der Waals surface area (Å²) in [5, 5.41) is 24.3. The molecule has 0 spiro atoms. The Hall–Kier alpha value is -4.32. The monoisotopic (exact) mass is 472 g/mol. The van der Waals surface area contributed by atoms with Crippen molar-refractivity contribution in [2.75, 3.05) is 21.3 Å². The van der Waals surface area contributed by atoms with Crippen LogP contribution in [0.5, 0.6) is 28.9 Å². The SMILES string of the molecule is COc1cc(-n2c(O)c(C=NNC(=O)c3ccccc3O)c(=O)[nH]c2=S)cc(OC)c1OC. The molecular formula is C21H20N4O7S. The summed E-state index contributed by atoms with van der Waals surface area (Å²) in [6, 6.07) is 8.92. The van der Waals surface area contributed by atoms with Crippen molar-refractivity contribution < 1.29 is 29.2 Å². The highest BCUT2D eigenvalue weighted by Crippen LogP contribution is 2.40. The number of amides is 1. The van der Waals surface area contributed by atoms with E-state index < -0.39 is 17.3 Å². The van der Waals surface area contributed by atoms with Crippen molar-refractivity contribution in [3.8, 4) is 34.6 Å². The molecule has 1 aromatic heterocycles. The molecule has 0 aliphatic rings. The molecule has 172 valence electrons. The number of hydrogen-bond acceptors (Lipinski definition) is 9. The molecule has 11 nitrogen and oxygen atoms in total. The van der Waals surface area contributed by atoms with Crippen LogP contribution < -0.4 is 25.2 Å². The molecule has 12 heteroatoms. The molecule has 33 heavy (non-hydrogen) atoms.